The Kier molecular flexibility index (Phi) is 3.97. The summed E-state index contributed by atoms with van der Waals surface area (Å²) in [5, 5.41) is 4.12. The summed E-state index contributed by atoms with van der Waals surface area (Å²) in [6.07, 6.45) is 0.453. The molecule has 3 aromatic rings. The zero-order chi connectivity index (χ0) is 19.2. The molecule has 4 rings (SSSR count). The van der Waals surface area contributed by atoms with Gasteiger partial charge < -0.3 is 4.90 Å². The average molecular weight is 379 g/mol. The molecule has 0 aliphatic carbocycles. The summed E-state index contributed by atoms with van der Waals surface area (Å²) in [5.74, 6) is -2.35. The van der Waals surface area contributed by atoms with E-state index in [9.17, 15) is 22.4 Å². The number of benzene rings is 1. The fraction of sp³-hybridized carbons (Fsp3) is 0.235. The van der Waals surface area contributed by atoms with Crippen LogP contribution in [0, 0.1) is 5.82 Å². The van der Waals surface area contributed by atoms with Crippen LogP contribution in [0.15, 0.2) is 43.0 Å². The summed E-state index contributed by atoms with van der Waals surface area (Å²) in [6, 6.07) is 4.46. The van der Waals surface area contributed by atoms with Crippen LogP contribution in [0.3, 0.4) is 0 Å². The molecular weight excluding hydrogens is 366 g/mol. The van der Waals surface area contributed by atoms with Crippen LogP contribution in [0.2, 0.25) is 0 Å². The van der Waals surface area contributed by atoms with Crippen LogP contribution in [0.25, 0.3) is 0 Å². The second-order valence-electron chi connectivity index (χ2n) is 6.05. The van der Waals surface area contributed by atoms with Gasteiger partial charge in [0.15, 0.2) is 0 Å². The maximum Gasteiger partial charge on any atom is 0.419 e. The molecule has 3 heterocycles. The molecule has 10 heteroatoms. The second kappa shape index (κ2) is 6.22. The van der Waals surface area contributed by atoms with Crippen molar-refractivity contribution in [3.63, 3.8) is 0 Å². The third-order valence-corrected chi connectivity index (χ3v) is 4.42. The van der Waals surface area contributed by atoms with Gasteiger partial charge in [-0.05, 0) is 18.2 Å². The van der Waals surface area contributed by atoms with Crippen molar-refractivity contribution in [2.24, 2.45) is 0 Å². The van der Waals surface area contributed by atoms with Gasteiger partial charge in [0.1, 0.15) is 12.1 Å². The highest BCUT2D eigenvalue weighted by Gasteiger charge is 2.36. The first-order valence-corrected chi connectivity index (χ1v) is 8.06. The van der Waals surface area contributed by atoms with E-state index in [0.29, 0.717) is 18.2 Å². The molecule has 6 nitrogen and oxygen atoms in total. The smallest absolute Gasteiger partial charge is 0.332 e. The van der Waals surface area contributed by atoms with Crippen LogP contribution < -0.4 is 0 Å². The zero-order valence-corrected chi connectivity index (χ0v) is 13.8. The Balaban J connectivity index is 1.61. The molecule has 0 unspecified atom stereocenters. The Bertz CT molecular complexity index is 993. The molecule has 140 valence electrons. The maximum atomic E-state index is 14.3. The van der Waals surface area contributed by atoms with Gasteiger partial charge in [-0.25, -0.2) is 14.1 Å². The average Bonchev–Trinajstić information content (AvgIpc) is 3.29. The van der Waals surface area contributed by atoms with Crippen molar-refractivity contribution in [3.05, 3.63) is 71.3 Å². The summed E-state index contributed by atoms with van der Waals surface area (Å²) in [7, 11) is 0. The number of halogens is 4. The van der Waals surface area contributed by atoms with Crippen molar-refractivity contribution >= 4 is 5.91 Å². The molecule has 0 fully saturated rings. The van der Waals surface area contributed by atoms with Gasteiger partial charge in [-0.3, -0.25) is 4.79 Å². The number of hydrogen-bond donors (Lipinski definition) is 0. The Morgan fingerprint density at radius 2 is 2.00 bits per heavy atom. The van der Waals surface area contributed by atoms with Crippen LogP contribution in [0.4, 0.5) is 17.6 Å². The van der Waals surface area contributed by atoms with Gasteiger partial charge in [0, 0.05) is 19.2 Å². The van der Waals surface area contributed by atoms with E-state index in [0.717, 1.165) is 17.8 Å². The van der Waals surface area contributed by atoms with E-state index >= 15 is 0 Å². The van der Waals surface area contributed by atoms with E-state index in [2.05, 4.69) is 10.1 Å². The second-order valence-corrected chi connectivity index (χ2v) is 6.05. The standard InChI is InChI=1S/C17H13F4N5O/c18-15-11(3-1-4-12(15)17(19,20)21)16(27)24-8-5-14-13(9-24)22-10-25(14)26-7-2-6-23-26/h1-4,6-7,10H,5,8-9H2. The number of carbonyl (C=O) groups is 1. The number of alkyl halides is 3. The zero-order valence-electron chi connectivity index (χ0n) is 13.8. The Morgan fingerprint density at radius 1 is 1.19 bits per heavy atom. The summed E-state index contributed by atoms with van der Waals surface area (Å²) >= 11 is 0. The molecule has 0 N–H and O–H groups in total. The number of carbonyl (C=O) groups excluding carboxylic acids is 1. The van der Waals surface area contributed by atoms with Gasteiger partial charge in [-0.15, -0.1) is 0 Å². The lowest BCUT2D eigenvalue weighted by Crippen LogP contribution is -2.37. The van der Waals surface area contributed by atoms with Crippen molar-refractivity contribution in [2.45, 2.75) is 19.1 Å². The van der Waals surface area contributed by atoms with Crippen LogP contribution in [0.1, 0.15) is 27.3 Å². The summed E-state index contributed by atoms with van der Waals surface area (Å²) in [4.78, 5) is 19.7. The Hall–Kier alpha value is -3.17. The normalized spacial score (nSPS) is 14.3. The Labute approximate surface area is 150 Å². The SMILES string of the molecule is O=C(c1cccc(C(F)(F)F)c1F)N1CCc2c(ncn2-n2cccn2)C1. The van der Waals surface area contributed by atoms with Gasteiger partial charge in [0.25, 0.3) is 5.91 Å². The molecule has 0 atom stereocenters. The molecule has 0 radical (unpaired) electrons. The minimum atomic E-state index is -4.86. The molecule has 1 aliphatic heterocycles. The number of fused-ring (bicyclic) bond motifs is 1. The van der Waals surface area contributed by atoms with Gasteiger partial charge in [-0.2, -0.15) is 23.1 Å². The van der Waals surface area contributed by atoms with Gasteiger partial charge in [-0.1, -0.05) is 6.07 Å². The molecule has 27 heavy (non-hydrogen) atoms. The van der Waals surface area contributed by atoms with Gasteiger partial charge >= 0.3 is 6.18 Å². The number of imidazole rings is 1. The van der Waals surface area contributed by atoms with Crippen molar-refractivity contribution in [3.8, 4) is 0 Å². The van der Waals surface area contributed by atoms with Crippen LogP contribution in [0.5, 0.6) is 0 Å². The van der Waals surface area contributed by atoms with E-state index in [1.807, 2.05) is 0 Å². The van der Waals surface area contributed by atoms with Crippen molar-refractivity contribution in [1.82, 2.24) is 24.4 Å². The highest BCUT2D eigenvalue weighted by Crippen LogP contribution is 2.33. The van der Waals surface area contributed by atoms with E-state index in [1.165, 1.54) is 4.90 Å². The van der Waals surface area contributed by atoms with E-state index in [4.69, 9.17) is 0 Å². The molecule has 0 saturated heterocycles. The lowest BCUT2D eigenvalue weighted by atomic mass is 10.1. The quantitative estimate of drug-likeness (QED) is 0.644. The van der Waals surface area contributed by atoms with Crippen molar-refractivity contribution in [2.75, 3.05) is 6.54 Å². The lowest BCUT2D eigenvalue weighted by molar-refractivity contribution is -0.140. The molecule has 1 aromatic carbocycles. The molecule has 0 saturated carbocycles. The monoisotopic (exact) mass is 379 g/mol. The van der Waals surface area contributed by atoms with Crippen molar-refractivity contribution < 1.29 is 22.4 Å². The van der Waals surface area contributed by atoms with Gasteiger partial charge in [0.2, 0.25) is 0 Å². The predicted molar refractivity (Wildman–Crippen MR) is 85.1 cm³/mol. The van der Waals surface area contributed by atoms with Crippen molar-refractivity contribution in [1.29, 1.82) is 0 Å². The highest BCUT2D eigenvalue weighted by atomic mass is 19.4. The minimum Gasteiger partial charge on any atom is -0.332 e. The first kappa shape index (κ1) is 17.3. The van der Waals surface area contributed by atoms with E-state index in [1.54, 1.807) is 34.3 Å². The van der Waals surface area contributed by atoms with Gasteiger partial charge in [0.05, 0.1) is 35.3 Å². The van der Waals surface area contributed by atoms with Crippen LogP contribution >= 0.6 is 0 Å². The molecule has 0 spiro atoms. The number of aromatic nitrogens is 4. The third-order valence-electron chi connectivity index (χ3n) is 4.42. The lowest BCUT2D eigenvalue weighted by Gasteiger charge is -2.27. The number of hydrogen-bond acceptors (Lipinski definition) is 3. The summed E-state index contributed by atoms with van der Waals surface area (Å²) in [6.45, 7) is 0.312. The third kappa shape index (κ3) is 2.96. The van der Waals surface area contributed by atoms with E-state index < -0.39 is 29.0 Å². The fourth-order valence-electron chi connectivity index (χ4n) is 3.12. The number of rotatable bonds is 2. The van der Waals surface area contributed by atoms with Crippen LogP contribution in [-0.2, 0) is 19.1 Å². The summed E-state index contributed by atoms with van der Waals surface area (Å²) in [5.41, 5.74) is -0.612. The molecule has 1 aliphatic rings. The Morgan fingerprint density at radius 3 is 2.70 bits per heavy atom. The molecule has 0 bridgehead atoms. The first-order chi connectivity index (χ1) is 12.9. The fourth-order valence-corrected chi connectivity index (χ4v) is 3.12. The minimum absolute atomic E-state index is 0.0815. The molecular formula is C17H13F4N5O. The number of nitrogens with zero attached hydrogens (tertiary/aromatic N) is 5. The molecule has 1 amide bonds. The van der Waals surface area contributed by atoms with Crippen LogP contribution in [-0.4, -0.2) is 36.9 Å². The summed E-state index contributed by atoms with van der Waals surface area (Å²) < 4.78 is 54.6. The maximum absolute atomic E-state index is 14.3. The predicted octanol–water partition coefficient (Wildman–Crippen LogP) is 2.75. The first-order valence-electron chi connectivity index (χ1n) is 8.06. The number of amides is 1. The topological polar surface area (TPSA) is 56.0 Å². The highest BCUT2D eigenvalue weighted by molar-refractivity contribution is 5.94. The molecule has 2 aromatic heterocycles. The van der Waals surface area contributed by atoms with E-state index in [-0.39, 0.29) is 13.1 Å². The largest absolute Gasteiger partial charge is 0.419 e.